The van der Waals surface area contributed by atoms with E-state index >= 15 is 8.78 Å². The molecule has 1 aromatic heterocycles. The van der Waals surface area contributed by atoms with E-state index in [1.807, 2.05) is 6.07 Å². The van der Waals surface area contributed by atoms with Crippen LogP contribution in [0.3, 0.4) is 0 Å². The van der Waals surface area contributed by atoms with E-state index < -0.39 is 27.2 Å². The molecule has 6 nitrogen and oxygen atoms in total. The molecular weight excluding hydrogens is 499 g/mol. The van der Waals surface area contributed by atoms with E-state index in [1.54, 1.807) is 30.3 Å². The van der Waals surface area contributed by atoms with Crippen LogP contribution in [0.1, 0.15) is 18.4 Å². The van der Waals surface area contributed by atoms with Gasteiger partial charge in [-0.2, -0.15) is 0 Å². The summed E-state index contributed by atoms with van der Waals surface area (Å²) >= 11 is 0. The lowest BCUT2D eigenvalue weighted by molar-refractivity contribution is 0.478. The van der Waals surface area contributed by atoms with Crippen LogP contribution in [0.15, 0.2) is 60.8 Å². The topological polar surface area (TPSA) is 78.9 Å². The predicted molar refractivity (Wildman–Crippen MR) is 143 cm³/mol. The maximum atomic E-state index is 15.4. The minimum absolute atomic E-state index is 0.0318. The lowest BCUT2D eigenvalue weighted by Gasteiger charge is -2.23. The molecule has 1 saturated heterocycles. The molecule has 0 bridgehead atoms. The number of halogens is 3. The molecule has 0 saturated carbocycles. The van der Waals surface area contributed by atoms with Gasteiger partial charge in [0.1, 0.15) is 5.82 Å². The van der Waals surface area contributed by atoms with Crippen molar-refractivity contribution in [2.75, 3.05) is 23.1 Å². The highest BCUT2D eigenvalue weighted by molar-refractivity contribution is 8.00. The van der Waals surface area contributed by atoms with Crippen LogP contribution in [0.5, 0.6) is 0 Å². The van der Waals surface area contributed by atoms with Gasteiger partial charge < -0.3 is 15.4 Å². The standard InChI is InChI=1S/C27H26F3N5OS/c1-37(36,16-17-6-3-2-4-7-17)35-23-12-10-20(25(29)26(23)30)19-9-11-22-21(24(19)28)15-32-27(34-22)33-18-8-5-13-31-14-18/h2-4,6-7,9-12,15,18,31H,1,5,8,13-14,16H2,(H,35,36)(H,32,33,34)/t18-,37?/m0/s1. The second-order valence-electron chi connectivity index (χ2n) is 9.07. The number of nitrogens with zero attached hydrogens (tertiary/aromatic N) is 2. The van der Waals surface area contributed by atoms with Crippen LogP contribution >= 0.6 is 0 Å². The van der Waals surface area contributed by atoms with Crippen molar-refractivity contribution in [3.05, 3.63) is 83.8 Å². The van der Waals surface area contributed by atoms with Crippen molar-refractivity contribution in [1.29, 1.82) is 0 Å². The smallest absolute Gasteiger partial charge is 0.223 e. The first kappa shape index (κ1) is 25.0. The van der Waals surface area contributed by atoms with Crippen LogP contribution in [0.2, 0.25) is 0 Å². The Balaban J connectivity index is 1.40. The van der Waals surface area contributed by atoms with Gasteiger partial charge in [0.15, 0.2) is 11.6 Å². The van der Waals surface area contributed by atoms with Crippen LogP contribution in [0.25, 0.3) is 22.0 Å². The van der Waals surface area contributed by atoms with E-state index in [0.29, 0.717) is 11.5 Å². The summed E-state index contributed by atoms with van der Waals surface area (Å²) in [5.41, 5.74) is 0.378. The van der Waals surface area contributed by atoms with Gasteiger partial charge in [-0.15, -0.1) is 0 Å². The van der Waals surface area contributed by atoms with Gasteiger partial charge in [-0.3, -0.25) is 0 Å². The number of anilines is 2. The Labute approximate surface area is 213 Å². The highest BCUT2D eigenvalue weighted by Gasteiger charge is 2.21. The normalized spacial score (nSPS) is 17.3. The third-order valence-electron chi connectivity index (χ3n) is 6.24. The van der Waals surface area contributed by atoms with Crippen molar-refractivity contribution in [2.45, 2.75) is 24.6 Å². The first-order valence-electron chi connectivity index (χ1n) is 11.9. The molecule has 0 amide bonds. The Morgan fingerprint density at radius 2 is 1.76 bits per heavy atom. The quantitative estimate of drug-likeness (QED) is 0.292. The summed E-state index contributed by atoms with van der Waals surface area (Å²) in [5, 5.41) is 6.63. The van der Waals surface area contributed by atoms with Crippen LogP contribution in [-0.4, -0.2) is 39.2 Å². The molecule has 2 heterocycles. The van der Waals surface area contributed by atoms with Crippen molar-refractivity contribution < 1.29 is 17.4 Å². The Morgan fingerprint density at radius 1 is 1.00 bits per heavy atom. The summed E-state index contributed by atoms with van der Waals surface area (Å²) in [5.74, 6) is 0.779. The molecule has 3 N–H and O–H groups in total. The van der Waals surface area contributed by atoms with Crippen LogP contribution in [0, 0.1) is 17.5 Å². The van der Waals surface area contributed by atoms with Gasteiger partial charge in [0, 0.05) is 39.6 Å². The molecular formula is C27H26F3N5OS. The zero-order valence-corrected chi connectivity index (χ0v) is 20.8. The van der Waals surface area contributed by atoms with Gasteiger partial charge in [-0.05, 0) is 55.1 Å². The van der Waals surface area contributed by atoms with Gasteiger partial charge in [0.25, 0.3) is 0 Å². The largest absolute Gasteiger partial charge is 0.350 e. The van der Waals surface area contributed by atoms with E-state index in [9.17, 15) is 8.60 Å². The Morgan fingerprint density at radius 3 is 2.51 bits per heavy atom. The monoisotopic (exact) mass is 525 g/mol. The summed E-state index contributed by atoms with van der Waals surface area (Å²) in [6.07, 6.45) is 3.36. The summed E-state index contributed by atoms with van der Waals surface area (Å²) < 4.78 is 60.9. The predicted octanol–water partition coefficient (Wildman–Crippen LogP) is 5.12. The number of nitrogens with one attached hydrogen (secondary N) is 3. The fraction of sp³-hybridized carbons (Fsp3) is 0.222. The minimum atomic E-state index is -3.01. The van der Waals surface area contributed by atoms with E-state index in [1.165, 1.54) is 24.4 Å². The zero-order valence-electron chi connectivity index (χ0n) is 19.9. The van der Waals surface area contributed by atoms with Gasteiger partial charge in [-0.25, -0.2) is 27.3 Å². The van der Waals surface area contributed by atoms with Gasteiger partial charge in [0.2, 0.25) is 5.95 Å². The maximum absolute atomic E-state index is 15.4. The molecule has 0 spiro atoms. The molecule has 5 rings (SSSR count). The molecule has 0 aliphatic carbocycles. The minimum Gasteiger partial charge on any atom is -0.350 e. The number of hydrogen-bond donors (Lipinski definition) is 3. The molecule has 37 heavy (non-hydrogen) atoms. The first-order chi connectivity index (χ1) is 17.8. The fourth-order valence-electron chi connectivity index (χ4n) is 4.42. The number of aromatic nitrogens is 2. The molecule has 3 aromatic carbocycles. The van der Waals surface area contributed by atoms with E-state index in [2.05, 4.69) is 31.2 Å². The van der Waals surface area contributed by atoms with Crippen molar-refractivity contribution in [3.8, 4) is 11.1 Å². The van der Waals surface area contributed by atoms with Crippen LogP contribution in [0.4, 0.5) is 24.8 Å². The second-order valence-corrected chi connectivity index (χ2v) is 11.2. The van der Waals surface area contributed by atoms with Crippen molar-refractivity contribution in [1.82, 2.24) is 15.3 Å². The number of rotatable bonds is 7. The van der Waals surface area contributed by atoms with E-state index in [0.717, 1.165) is 31.5 Å². The molecule has 192 valence electrons. The highest BCUT2D eigenvalue weighted by Crippen LogP contribution is 2.33. The maximum Gasteiger partial charge on any atom is 0.223 e. The number of benzene rings is 3. The molecule has 1 aliphatic rings. The molecule has 0 radical (unpaired) electrons. The van der Waals surface area contributed by atoms with Crippen molar-refractivity contribution in [2.24, 2.45) is 0 Å². The third-order valence-corrected chi connectivity index (χ3v) is 7.63. The van der Waals surface area contributed by atoms with Crippen LogP contribution in [-0.2, 0) is 15.5 Å². The third kappa shape index (κ3) is 5.55. The SMILES string of the molecule is C=S(=O)(Cc1ccccc1)Nc1ccc(-c2ccc3nc(N[C@H]4CCCNC4)ncc3c2F)c(F)c1F. The lowest BCUT2D eigenvalue weighted by Crippen LogP contribution is -2.38. The molecule has 10 heteroatoms. The Hall–Kier alpha value is -3.63. The van der Waals surface area contributed by atoms with Gasteiger partial charge in [0.05, 0.1) is 22.3 Å². The van der Waals surface area contributed by atoms with E-state index in [-0.39, 0.29) is 34.0 Å². The molecule has 1 fully saturated rings. The summed E-state index contributed by atoms with van der Waals surface area (Å²) in [4.78, 5) is 8.61. The van der Waals surface area contributed by atoms with Crippen molar-refractivity contribution in [3.63, 3.8) is 0 Å². The number of hydrogen-bond acceptors (Lipinski definition) is 5. The highest BCUT2D eigenvalue weighted by atomic mass is 32.2. The molecule has 2 atom stereocenters. The van der Waals surface area contributed by atoms with Gasteiger partial charge in [-0.1, -0.05) is 30.3 Å². The molecule has 1 aliphatic heterocycles. The van der Waals surface area contributed by atoms with Gasteiger partial charge >= 0.3 is 0 Å². The first-order valence-corrected chi connectivity index (χ1v) is 13.8. The number of fused-ring (bicyclic) bond motifs is 1. The Bertz CT molecular complexity index is 1540. The van der Waals surface area contributed by atoms with E-state index in [4.69, 9.17) is 0 Å². The molecule has 4 aromatic rings. The summed E-state index contributed by atoms with van der Waals surface area (Å²) in [7, 11) is -3.01. The summed E-state index contributed by atoms with van der Waals surface area (Å²) in [6, 6.07) is 14.5. The summed E-state index contributed by atoms with van der Waals surface area (Å²) in [6.45, 7) is 1.76. The average Bonchev–Trinajstić information content (AvgIpc) is 2.88. The fourth-order valence-corrected chi connectivity index (χ4v) is 5.78. The average molecular weight is 526 g/mol. The van der Waals surface area contributed by atoms with Crippen LogP contribution < -0.4 is 15.4 Å². The Kier molecular flexibility index (Phi) is 7.03. The second kappa shape index (κ2) is 10.4. The zero-order chi connectivity index (χ0) is 26.0. The van der Waals surface area contributed by atoms with Crippen molar-refractivity contribution >= 4 is 38.1 Å². The molecule has 1 unspecified atom stereocenters. The lowest BCUT2D eigenvalue weighted by atomic mass is 10.0. The number of piperidine rings is 1.